The van der Waals surface area contributed by atoms with Crippen LogP contribution in [-0.2, 0) is 0 Å². The van der Waals surface area contributed by atoms with E-state index in [1.807, 2.05) is 42.2 Å². The summed E-state index contributed by atoms with van der Waals surface area (Å²) in [5, 5.41) is 17.6. The third-order valence-corrected chi connectivity index (χ3v) is 7.15. The van der Waals surface area contributed by atoms with Gasteiger partial charge in [0.25, 0.3) is 5.91 Å². The molecule has 1 saturated heterocycles. The van der Waals surface area contributed by atoms with Gasteiger partial charge < -0.3 is 9.88 Å². The summed E-state index contributed by atoms with van der Waals surface area (Å²) < 4.78 is 0. The summed E-state index contributed by atoms with van der Waals surface area (Å²) in [6, 6.07) is 14.3. The van der Waals surface area contributed by atoms with E-state index in [1.165, 1.54) is 24.8 Å². The van der Waals surface area contributed by atoms with E-state index in [1.54, 1.807) is 6.33 Å². The van der Waals surface area contributed by atoms with Gasteiger partial charge in [-0.2, -0.15) is 5.26 Å². The summed E-state index contributed by atoms with van der Waals surface area (Å²) in [5.41, 5.74) is 5.90. The molecule has 1 aromatic heterocycles. The summed E-state index contributed by atoms with van der Waals surface area (Å²) in [6.45, 7) is 3.44. The van der Waals surface area contributed by atoms with Crippen molar-refractivity contribution >= 4 is 5.91 Å². The first kappa shape index (κ1) is 20.4. The molecule has 2 aromatic carbocycles. The van der Waals surface area contributed by atoms with Crippen LogP contribution in [0.3, 0.4) is 0 Å². The molecule has 1 saturated carbocycles. The molecule has 32 heavy (non-hydrogen) atoms. The second kappa shape index (κ2) is 8.58. The molecule has 6 nitrogen and oxygen atoms in total. The number of benzene rings is 2. The van der Waals surface area contributed by atoms with Gasteiger partial charge >= 0.3 is 0 Å². The van der Waals surface area contributed by atoms with E-state index in [0.717, 1.165) is 46.5 Å². The van der Waals surface area contributed by atoms with E-state index in [9.17, 15) is 10.1 Å². The Balaban J connectivity index is 1.38. The van der Waals surface area contributed by atoms with Gasteiger partial charge in [-0.25, -0.2) is 0 Å². The summed E-state index contributed by atoms with van der Waals surface area (Å²) in [5.74, 6) is 1.67. The number of carbonyl (C=O) groups is 1. The van der Waals surface area contributed by atoms with Crippen LogP contribution in [0.4, 0.5) is 0 Å². The molecular formula is C26H27N5O. The number of amides is 1. The minimum Gasteiger partial charge on any atom is -0.339 e. The maximum atomic E-state index is 13.5. The average Bonchev–Trinajstić information content (AvgIpc) is 3.32. The van der Waals surface area contributed by atoms with Crippen LogP contribution >= 0.6 is 0 Å². The van der Waals surface area contributed by atoms with E-state index < -0.39 is 0 Å². The number of aromatic amines is 1. The molecule has 162 valence electrons. The van der Waals surface area contributed by atoms with Crippen LogP contribution < -0.4 is 0 Å². The Bertz CT molecular complexity index is 1170. The number of aromatic nitrogens is 3. The molecule has 2 aliphatic rings. The zero-order valence-electron chi connectivity index (χ0n) is 18.3. The van der Waals surface area contributed by atoms with Crippen molar-refractivity contribution in [2.24, 2.45) is 0 Å². The van der Waals surface area contributed by atoms with E-state index in [2.05, 4.69) is 27.3 Å². The van der Waals surface area contributed by atoms with Crippen molar-refractivity contribution in [1.29, 1.82) is 5.26 Å². The third kappa shape index (κ3) is 3.69. The minimum absolute atomic E-state index is 0.0791. The summed E-state index contributed by atoms with van der Waals surface area (Å²) in [7, 11) is 0. The van der Waals surface area contributed by atoms with Crippen LogP contribution in [0.15, 0.2) is 42.7 Å². The molecule has 1 amide bonds. The van der Waals surface area contributed by atoms with Gasteiger partial charge in [0.15, 0.2) is 5.82 Å². The predicted molar refractivity (Wildman–Crippen MR) is 122 cm³/mol. The van der Waals surface area contributed by atoms with Crippen molar-refractivity contribution in [3.8, 4) is 17.5 Å². The summed E-state index contributed by atoms with van der Waals surface area (Å²) in [6.07, 6.45) is 6.96. The van der Waals surface area contributed by atoms with Gasteiger partial charge in [-0.15, -0.1) is 10.2 Å². The summed E-state index contributed by atoms with van der Waals surface area (Å²) in [4.78, 5) is 18.6. The van der Waals surface area contributed by atoms with Crippen LogP contribution in [0.2, 0.25) is 0 Å². The standard InChI is InChI=1S/C26H27N5O/c1-17-13-23(18-6-4-7-18)24(25-28-16-29-30-25)14-22(17)26(32)31-11-9-19(10-12-31)21-8-3-2-5-20(21)15-27/h2-3,5,8,13-14,16,18-19H,4,6-7,9-12H2,1H3,(H,28,29,30). The lowest BCUT2D eigenvalue weighted by Gasteiger charge is -2.33. The van der Waals surface area contributed by atoms with Gasteiger partial charge in [0.2, 0.25) is 0 Å². The normalized spacial score (nSPS) is 17.1. The SMILES string of the molecule is Cc1cc(C2CCC2)c(-c2nnc[nH]2)cc1C(=O)N1CCC(c2ccccc2C#N)CC1. The number of piperidine rings is 1. The fourth-order valence-electron chi connectivity index (χ4n) is 5.08. The molecular weight excluding hydrogens is 398 g/mol. The first-order valence-corrected chi connectivity index (χ1v) is 11.4. The topological polar surface area (TPSA) is 85.7 Å². The van der Waals surface area contributed by atoms with Crippen LogP contribution in [0.5, 0.6) is 0 Å². The Morgan fingerprint density at radius 1 is 1.09 bits per heavy atom. The Labute approximate surface area is 188 Å². The van der Waals surface area contributed by atoms with Gasteiger partial charge in [-0.05, 0) is 73.3 Å². The van der Waals surface area contributed by atoms with Crippen molar-refractivity contribution < 1.29 is 4.79 Å². The first-order valence-electron chi connectivity index (χ1n) is 11.4. The molecule has 0 spiro atoms. The fourth-order valence-corrected chi connectivity index (χ4v) is 5.08. The quantitative estimate of drug-likeness (QED) is 0.642. The largest absolute Gasteiger partial charge is 0.339 e. The highest BCUT2D eigenvalue weighted by Gasteiger charge is 2.29. The monoisotopic (exact) mass is 425 g/mol. The van der Waals surface area contributed by atoms with Crippen LogP contribution in [-0.4, -0.2) is 39.1 Å². The molecule has 0 radical (unpaired) electrons. The molecule has 0 unspecified atom stereocenters. The molecule has 6 heteroatoms. The number of likely N-dealkylation sites (tertiary alicyclic amines) is 1. The Morgan fingerprint density at radius 2 is 1.84 bits per heavy atom. The Hall–Kier alpha value is -3.46. The van der Waals surface area contributed by atoms with Crippen LogP contribution in [0, 0.1) is 18.3 Å². The zero-order valence-corrected chi connectivity index (χ0v) is 18.3. The number of hydrogen-bond donors (Lipinski definition) is 1. The Kier molecular flexibility index (Phi) is 5.48. The molecule has 2 fully saturated rings. The van der Waals surface area contributed by atoms with Crippen molar-refractivity contribution in [2.45, 2.75) is 50.9 Å². The Morgan fingerprint density at radius 3 is 2.50 bits per heavy atom. The third-order valence-electron chi connectivity index (χ3n) is 7.15. The second-order valence-electron chi connectivity index (χ2n) is 8.99. The number of rotatable bonds is 4. The molecule has 1 aliphatic carbocycles. The van der Waals surface area contributed by atoms with Gasteiger partial charge in [0, 0.05) is 24.2 Å². The van der Waals surface area contributed by atoms with Gasteiger partial charge in [0.1, 0.15) is 6.33 Å². The van der Waals surface area contributed by atoms with E-state index in [4.69, 9.17) is 0 Å². The molecule has 1 aliphatic heterocycles. The lowest BCUT2D eigenvalue weighted by atomic mass is 9.77. The van der Waals surface area contributed by atoms with Gasteiger partial charge in [-0.1, -0.05) is 30.7 Å². The zero-order chi connectivity index (χ0) is 22.1. The second-order valence-corrected chi connectivity index (χ2v) is 8.99. The molecule has 0 bridgehead atoms. The molecule has 0 atom stereocenters. The van der Waals surface area contributed by atoms with E-state index >= 15 is 0 Å². The summed E-state index contributed by atoms with van der Waals surface area (Å²) >= 11 is 0. The highest BCUT2D eigenvalue weighted by atomic mass is 16.2. The molecule has 3 aromatic rings. The van der Waals surface area contributed by atoms with E-state index in [-0.39, 0.29) is 5.91 Å². The van der Waals surface area contributed by atoms with Crippen molar-refractivity contribution in [2.75, 3.05) is 13.1 Å². The first-order chi connectivity index (χ1) is 15.7. The van der Waals surface area contributed by atoms with Gasteiger partial charge in [-0.3, -0.25) is 4.79 Å². The molecule has 2 heterocycles. The number of nitrogens with zero attached hydrogens (tertiary/aromatic N) is 4. The lowest BCUT2D eigenvalue weighted by Crippen LogP contribution is -2.38. The number of nitriles is 1. The van der Waals surface area contributed by atoms with Crippen molar-refractivity contribution in [1.82, 2.24) is 20.1 Å². The minimum atomic E-state index is 0.0791. The fraction of sp³-hybridized carbons (Fsp3) is 0.385. The van der Waals surface area contributed by atoms with Crippen molar-refractivity contribution in [3.63, 3.8) is 0 Å². The molecule has 1 N–H and O–H groups in total. The smallest absolute Gasteiger partial charge is 0.254 e. The highest BCUT2D eigenvalue weighted by molar-refractivity contribution is 5.97. The highest BCUT2D eigenvalue weighted by Crippen LogP contribution is 2.42. The van der Waals surface area contributed by atoms with Gasteiger partial charge in [0.05, 0.1) is 11.6 Å². The number of nitrogens with one attached hydrogen (secondary N) is 1. The lowest BCUT2D eigenvalue weighted by molar-refractivity contribution is 0.0712. The van der Waals surface area contributed by atoms with Crippen LogP contribution in [0.1, 0.15) is 76.6 Å². The maximum Gasteiger partial charge on any atom is 0.254 e. The number of aryl methyl sites for hydroxylation is 1. The van der Waals surface area contributed by atoms with Crippen molar-refractivity contribution in [3.05, 3.63) is 70.5 Å². The van der Waals surface area contributed by atoms with E-state index in [0.29, 0.717) is 24.9 Å². The predicted octanol–water partition coefficient (Wildman–Crippen LogP) is 4.94. The number of H-pyrrole nitrogens is 1. The molecule has 5 rings (SSSR count). The number of carbonyl (C=O) groups excluding carboxylic acids is 1. The van der Waals surface area contributed by atoms with Crippen LogP contribution in [0.25, 0.3) is 11.4 Å². The average molecular weight is 426 g/mol. The maximum absolute atomic E-state index is 13.5. The number of hydrogen-bond acceptors (Lipinski definition) is 4.